The minimum atomic E-state index is -0.916. The molecule has 0 unspecified atom stereocenters. The van der Waals surface area contributed by atoms with Crippen LogP contribution in [0.2, 0.25) is 5.15 Å². The van der Waals surface area contributed by atoms with E-state index < -0.39 is 5.97 Å². The van der Waals surface area contributed by atoms with Crippen molar-refractivity contribution in [2.24, 2.45) is 7.05 Å². The van der Waals surface area contributed by atoms with Gasteiger partial charge < -0.3 is 9.67 Å². The van der Waals surface area contributed by atoms with Gasteiger partial charge in [-0.15, -0.1) is 0 Å². The van der Waals surface area contributed by atoms with Gasteiger partial charge in [-0.2, -0.15) is 0 Å². The van der Waals surface area contributed by atoms with Crippen molar-refractivity contribution >= 4 is 17.6 Å². The molecule has 4 nitrogen and oxygen atoms in total. The molecule has 78 valence electrons. The smallest absolute Gasteiger partial charge is 0.309 e. The first-order valence-electron chi connectivity index (χ1n) is 4.36. The summed E-state index contributed by atoms with van der Waals surface area (Å²) in [5.74, 6) is 0.131. The van der Waals surface area contributed by atoms with Crippen molar-refractivity contribution in [3.63, 3.8) is 0 Å². The molecule has 1 aromatic rings. The van der Waals surface area contributed by atoms with Crippen molar-refractivity contribution < 1.29 is 9.90 Å². The van der Waals surface area contributed by atoms with Crippen LogP contribution in [0.25, 0.3) is 0 Å². The molecule has 0 aliphatic rings. The van der Waals surface area contributed by atoms with Gasteiger partial charge in [0.25, 0.3) is 0 Å². The summed E-state index contributed by atoms with van der Waals surface area (Å²) in [6, 6.07) is 0. The van der Waals surface area contributed by atoms with Gasteiger partial charge in [-0.1, -0.05) is 25.4 Å². The lowest BCUT2D eigenvalue weighted by Gasteiger charge is -2.03. The van der Waals surface area contributed by atoms with Crippen LogP contribution in [0.1, 0.15) is 31.3 Å². The molecule has 0 saturated carbocycles. The maximum Gasteiger partial charge on any atom is 0.309 e. The Bertz CT molecular complexity index is 358. The monoisotopic (exact) mass is 216 g/mol. The van der Waals surface area contributed by atoms with Crippen LogP contribution < -0.4 is 0 Å². The zero-order valence-electron chi connectivity index (χ0n) is 8.41. The van der Waals surface area contributed by atoms with E-state index in [9.17, 15) is 4.79 Å². The number of carboxylic acid groups (broad SMARTS) is 1. The molecule has 0 fully saturated rings. The third-order valence-corrected chi connectivity index (χ3v) is 2.43. The molecule has 0 atom stereocenters. The molecule has 0 amide bonds. The second-order valence-corrected chi connectivity index (χ2v) is 3.85. The Morgan fingerprint density at radius 1 is 1.64 bits per heavy atom. The second-order valence-electron chi connectivity index (χ2n) is 3.49. The van der Waals surface area contributed by atoms with Crippen LogP contribution in [-0.2, 0) is 18.3 Å². The normalized spacial score (nSPS) is 10.9. The van der Waals surface area contributed by atoms with E-state index in [2.05, 4.69) is 4.98 Å². The molecule has 0 aliphatic carbocycles. The molecule has 0 spiro atoms. The number of aliphatic carboxylic acids is 1. The summed E-state index contributed by atoms with van der Waals surface area (Å²) in [5, 5.41) is 9.04. The minimum Gasteiger partial charge on any atom is -0.481 e. The van der Waals surface area contributed by atoms with Crippen molar-refractivity contribution in [1.82, 2.24) is 9.55 Å². The molecule has 1 heterocycles. The Labute approximate surface area is 87.5 Å². The topological polar surface area (TPSA) is 55.1 Å². The van der Waals surface area contributed by atoms with Gasteiger partial charge in [-0.3, -0.25) is 4.79 Å². The summed E-state index contributed by atoms with van der Waals surface area (Å²) < 4.78 is 1.73. The van der Waals surface area contributed by atoms with Crippen molar-refractivity contribution in [1.29, 1.82) is 0 Å². The van der Waals surface area contributed by atoms with E-state index >= 15 is 0 Å². The number of carbonyl (C=O) groups is 1. The van der Waals surface area contributed by atoms with Crippen LogP contribution in [0.4, 0.5) is 0 Å². The summed E-state index contributed by atoms with van der Waals surface area (Å²) in [6.07, 6.45) is -0.126. The van der Waals surface area contributed by atoms with Crippen molar-refractivity contribution in [3.05, 3.63) is 16.7 Å². The zero-order valence-corrected chi connectivity index (χ0v) is 9.17. The Kier molecular flexibility index (Phi) is 3.16. The number of aromatic nitrogens is 2. The summed E-state index contributed by atoms with van der Waals surface area (Å²) >= 11 is 5.94. The first kappa shape index (κ1) is 11.0. The average Bonchev–Trinajstić information content (AvgIpc) is 2.32. The lowest BCUT2D eigenvalue weighted by atomic mass is 10.2. The van der Waals surface area contributed by atoms with E-state index in [0.29, 0.717) is 10.8 Å². The van der Waals surface area contributed by atoms with E-state index in [4.69, 9.17) is 16.7 Å². The molecule has 0 aliphatic heterocycles. The minimum absolute atomic E-state index is 0.126. The van der Waals surface area contributed by atoms with Crippen LogP contribution >= 0.6 is 11.6 Å². The highest BCUT2D eigenvalue weighted by atomic mass is 35.5. The highest BCUT2D eigenvalue weighted by Gasteiger charge is 2.16. The molecule has 1 N–H and O–H groups in total. The summed E-state index contributed by atoms with van der Waals surface area (Å²) in [5.41, 5.74) is 0.436. The highest BCUT2D eigenvalue weighted by Crippen LogP contribution is 2.22. The molecule has 0 aromatic carbocycles. The number of rotatable bonds is 3. The number of nitrogens with zero attached hydrogens (tertiary/aromatic N) is 2. The average molecular weight is 217 g/mol. The van der Waals surface area contributed by atoms with Crippen LogP contribution in [0, 0.1) is 0 Å². The fraction of sp³-hybridized carbons (Fsp3) is 0.556. The number of hydrogen-bond donors (Lipinski definition) is 1. The van der Waals surface area contributed by atoms with Crippen LogP contribution in [0.15, 0.2) is 0 Å². The van der Waals surface area contributed by atoms with Gasteiger partial charge in [0.15, 0.2) is 0 Å². The Hall–Kier alpha value is -1.03. The van der Waals surface area contributed by atoms with E-state index in [1.165, 1.54) is 0 Å². The van der Waals surface area contributed by atoms with Gasteiger partial charge in [-0.25, -0.2) is 4.98 Å². The molecular formula is C9H13ClN2O2. The Morgan fingerprint density at radius 2 is 2.21 bits per heavy atom. The maximum absolute atomic E-state index is 10.5. The lowest BCUT2D eigenvalue weighted by molar-refractivity contribution is -0.136. The molecule has 0 radical (unpaired) electrons. The zero-order chi connectivity index (χ0) is 10.9. The number of imidazole rings is 1. The highest BCUT2D eigenvalue weighted by molar-refractivity contribution is 6.30. The molecule has 5 heteroatoms. The Morgan fingerprint density at radius 3 is 2.57 bits per heavy atom. The SMILES string of the molecule is CC(C)c1nc(CC(=O)O)c(Cl)n1C. The summed E-state index contributed by atoms with van der Waals surface area (Å²) in [6.45, 7) is 3.98. The molecular weight excluding hydrogens is 204 g/mol. The number of carboxylic acids is 1. The molecule has 1 aromatic heterocycles. The number of halogens is 1. The largest absolute Gasteiger partial charge is 0.481 e. The van der Waals surface area contributed by atoms with Crippen molar-refractivity contribution in [2.75, 3.05) is 0 Å². The van der Waals surface area contributed by atoms with Crippen LogP contribution in [0.5, 0.6) is 0 Å². The predicted molar refractivity (Wildman–Crippen MR) is 53.6 cm³/mol. The molecule has 0 saturated heterocycles. The maximum atomic E-state index is 10.5. The quantitative estimate of drug-likeness (QED) is 0.839. The van der Waals surface area contributed by atoms with E-state index in [-0.39, 0.29) is 12.3 Å². The van der Waals surface area contributed by atoms with Gasteiger partial charge in [0.2, 0.25) is 0 Å². The van der Waals surface area contributed by atoms with Gasteiger partial charge in [0.05, 0.1) is 12.1 Å². The van der Waals surface area contributed by atoms with Gasteiger partial charge in [0.1, 0.15) is 11.0 Å². The van der Waals surface area contributed by atoms with E-state index in [0.717, 1.165) is 5.82 Å². The molecule has 14 heavy (non-hydrogen) atoms. The first-order valence-corrected chi connectivity index (χ1v) is 4.74. The molecule has 0 bridgehead atoms. The fourth-order valence-corrected chi connectivity index (χ4v) is 1.52. The van der Waals surface area contributed by atoms with Gasteiger partial charge in [0, 0.05) is 13.0 Å². The summed E-state index contributed by atoms with van der Waals surface area (Å²) in [7, 11) is 1.79. The third kappa shape index (κ3) is 2.07. The number of hydrogen-bond acceptors (Lipinski definition) is 2. The summed E-state index contributed by atoms with van der Waals surface area (Å²) in [4.78, 5) is 14.7. The Balaban J connectivity index is 3.08. The third-order valence-electron chi connectivity index (χ3n) is 1.96. The first-order chi connectivity index (χ1) is 6.43. The van der Waals surface area contributed by atoms with Crippen LogP contribution in [0.3, 0.4) is 0 Å². The standard InChI is InChI=1S/C9H13ClN2O2/c1-5(2)9-11-6(4-7(13)14)8(10)12(9)3/h5H,4H2,1-3H3,(H,13,14). The van der Waals surface area contributed by atoms with Gasteiger partial charge >= 0.3 is 5.97 Å². The lowest BCUT2D eigenvalue weighted by Crippen LogP contribution is -2.01. The molecule has 1 rings (SSSR count). The second kappa shape index (κ2) is 4.00. The van der Waals surface area contributed by atoms with Crippen LogP contribution in [-0.4, -0.2) is 20.6 Å². The van der Waals surface area contributed by atoms with E-state index in [1.807, 2.05) is 13.8 Å². The fourth-order valence-electron chi connectivity index (χ4n) is 1.33. The van der Waals surface area contributed by atoms with Crippen molar-refractivity contribution in [2.45, 2.75) is 26.2 Å². The van der Waals surface area contributed by atoms with E-state index in [1.54, 1.807) is 11.6 Å². The van der Waals surface area contributed by atoms with Gasteiger partial charge in [-0.05, 0) is 0 Å². The van der Waals surface area contributed by atoms with Crippen molar-refractivity contribution in [3.8, 4) is 0 Å². The predicted octanol–water partition coefficient (Wildman–Crippen LogP) is 1.82.